The average molecular weight is 494 g/mol. The second-order valence-corrected chi connectivity index (χ2v) is 10.7. The molecule has 8 heteroatoms. The lowest BCUT2D eigenvalue weighted by Crippen LogP contribution is -2.36. The fraction of sp³-hybridized carbons (Fsp3) is 0.643. The van der Waals surface area contributed by atoms with E-state index >= 15 is 0 Å². The Labute approximate surface area is 214 Å². The van der Waals surface area contributed by atoms with Gasteiger partial charge in [0.1, 0.15) is 11.8 Å². The monoisotopic (exact) mass is 493 g/mol. The van der Waals surface area contributed by atoms with Crippen LogP contribution in [0.1, 0.15) is 75.7 Å². The van der Waals surface area contributed by atoms with E-state index in [9.17, 15) is 10.1 Å². The summed E-state index contributed by atoms with van der Waals surface area (Å²) in [6.45, 7) is 11.7. The van der Waals surface area contributed by atoms with Crippen LogP contribution in [0.3, 0.4) is 0 Å². The molecular formula is C28H39N5O3. The third-order valence-corrected chi connectivity index (χ3v) is 7.78. The van der Waals surface area contributed by atoms with Crippen molar-refractivity contribution in [2.75, 3.05) is 31.1 Å². The number of aryl methyl sites for hydroxylation is 1. The Bertz CT molecular complexity index is 1070. The van der Waals surface area contributed by atoms with E-state index in [0.29, 0.717) is 37.4 Å². The molecule has 2 aromatic rings. The van der Waals surface area contributed by atoms with Crippen LogP contribution in [-0.4, -0.2) is 53.2 Å². The maximum absolute atomic E-state index is 12.7. The van der Waals surface area contributed by atoms with Crippen LogP contribution in [0.4, 0.5) is 6.01 Å². The third kappa shape index (κ3) is 6.18. The minimum Gasteiger partial charge on any atom is -0.494 e. The maximum atomic E-state index is 12.7. The van der Waals surface area contributed by atoms with Crippen molar-refractivity contribution < 1.29 is 14.1 Å². The Hall–Kier alpha value is -3.08. The predicted molar refractivity (Wildman–Crippen MR) is 138 cm³/mol. The number of ether oxygens (including phenoxy) is 1. The summed E-state index contributed by atoms with van der Waals surface area (Å²) in [6.07, 6.45) is 5.27. The van der Waals surface area contributed by atoms with Crippen molar-refractivity contribution in [3.8, 4) is 11.8 Å². The molecule has 1 amide bonds. The van der Waals surface area contributed by atoms with Gasteiger partial charge in [0, 0.05) is 25.6 Å². The fourth-order valence-corrected chi connectivity index (χ4v) is 5.27. The van der Waals surface area contributed by atoms with E-state index in [1.54, 1.807) is 4.90 Å². The molecule has 0 N–H and O–H groups in total. The molecule has 36 heavy (non-hydrogen) atoms. The zero-order valence-corrected chi connectivity index (χ0v) is 22.1. The van der Waals surface area contributed by atoms with Crippen LogP contribution < -0.4 is 9.64 Å². The van der Waals surface area contributed by atoms with E-state index in [1.165, 1.54) is 0 Å². The highest BCUT2D eigenvalue weighted by atomic mass is 16.5. The summed E-state index contributed by atoms with van der Waals surface area (Å²) in [5, 5.41) is 13.3. The molecule has 1 aromatic carbocycles. The number of hydrogen-bond donors (Lipinski definition) is 0. The fourth-order valence-electron chi connectivity index (χ4n) is 5.27. The van der Waals surface area contributed by atoms with Crippen molar-refractivity contribution in [3.63, 3.8) is 0 Å². The molecule has 0 bridgehead atoms. The number of carbonyl (C=O) groups excluding carboxylic acids is 1. The first-order valence-corrected chi connectivity index (χ1v) is 13.4. The van der Waals surface area contributed by atoms with Gasteiger partial charge < -0.3 is 19.1 Å². The first-order valence-electron chi connectivity index (χ1n) is 13.4. The van der Waals surface area contributed by atoms with E-state index in [1.807, 2.05) is 25.1 Å². The minimum atomic E-state index is -0.272. The van der Waals surface area contributed by atoms with Crippen LogP contribution in [0, 0.1) is 30.1 Å². The van der Waals surface area contributed by atoms with Crippen LogP contribution in [0.25, 0.3) is 0 Å². The predicted octanol–water partition coefficient (Wildman–Crippen LogP) is 4.88. The van der Waals surface area contributed by atoms with Crippen LogP contribution in [-0.2, 0) is 11.2 Å². The van der Waals surface area contributed by atoms with Crippen molar-refractivity contribution in [3.05, 3.63) is 35.2 Å². The lowest BCUT2D eigenvalue weighted by Gasteiger charge is -2.33. The summed E-state index contributed by atoms with van der Waals surface area (Å²) < 4.78 is 11.5. The Balaban J connectivity index is 1.20. The number of nitriles is 1. The number of hydrogen-bond acceptors (Lipinski definition) is 7. The van der Waals surface area contributed by atoms with E-state index in [0.717, 1.165) is 67.9 Å². The average Bonchev–Trinajstić information content (AvgIpc) is 3.56. The molecule has 0 radical (unpaired) electrons. The highest BCUT2D eigenvalue weighted by Crippen LogP contribution is 2.30. The van der Waals surface area contributed by atoms with E-state index in [-0.39, 0.29) is 17.9 Å². The van der Waals surface area contributed by atoms with Gasteiger partial charge >= 0.3 is 6.01 Å². The number of anilines is 1. The Morgan fingerprint density at radius 1 is 1.22 bits per heavy atom. The SMILES string of the molecule is Cc1cc(OCCC(C)C2CCN(c3nc(C(C)C)no3)CC2)ccc1CC(=O)N1CCCC1C#N. The lowest BCUT2D eigenvalue weighted by atomic mass is 9.84. The van der Waals surface area contributed by atoms with Crippen LogP contribution in [0.2, 0.25) is 0 Å². The first kappa shape index (κ1) is 26.0. The molecule has 0 spiro atoms. The second-order valence-electron chi connectivity index (χ2n) is 10.7. The standard InChI is InChI=1S/C28H39N5O3/c1-19(2)27-30-28(36-31-27)32-13-9-22(10-14-32)20(3)11-15-35-25-8-7-23(21(4)16-25)17-26(34)33-12-5-6-24(33)18-29/h7-8,16,19-20,22,24H,5-6,9-15,17H2,1-4H3. The number of aromatic nitrogens is 2. The summed E-state index contributed by atoms with van der Waals surface area (Å²) in [5.41, 5.74) is 2.05. The van der Waals surface area contributed by atoms with Gasteiger partial charge in [0.2, 0.25) is 5.91 Å². The van der Waals surface area contributed by atoms with Gasteiger partial charge in [0.25, 0.3) is 0 Å². The Morgan fingerprint density at radius 2 is 2.00 bits per heavy atom. The van der Waals surface area contributed by atoms with E-state index in [2.05, 4.69) is 41.9 Å². The van der Waals surface area contributed by atoms with Crippen molar-refractivity contribution in [2.24, 2.45) is 11.8 Å². The molecule has 2 fully saturated rings. The molecule has 0 aliphatic carbocycles. The van der Waals surface area contributed by atoms with Crippen LogP contribution >= 0.6 is 0 Å². The molecule has 2 saturated heterocycles. The topological polar surface area (TPSA) is 95.5 Å². The summed E-state index contributed by atoms with van der Waals surface area (Å²) in [7, 11) is 0. The number of carbonyl (C=O) groups is 1. The van der Waals surface area contributed by atoms with Gasteiger partial charge in [-0.1, -0.05) is 32.0 Å². The number of rotatable bonds is 9. The number of piperidine rings is 1. The highest BCUT2D eigenvalue weighted by molar-refractivity contribution is 5.80. The molecule has 2 aliphatic heterocycles. The quantitative estimate of drug-likeness (QED) is 0.491. The van der Waals surface area contributed by atoms with Gasteiger partial charge in [0.15, 0.2) is 5.82 Å². The normalized spacial score (nSPS) is 19.5. The highest BCUT2D eigenvalue weighted by Gasteiger charge is 2.29. The van der Waals surface area contributed by atoms with Gasteiger partial charge in [-0.3, -0.25) is 4.79 Å². The molecule has 2 aliphatic rings. The second kappa shape index (κ2) is 11.8. The summed E-state index contributed by atoms with van der Waals surface area (Å²) in [4.78, 5) is 21.1. The van der Waals surface area contributed by atoms with Crippen LogP contribution in [0.5, 0.6) is 5.75 Å². The van der Waals surface area contributed by atoms with Crippen molar-refractivity contribution in [1.29, 1.82) is 5.26 Å². The molecule has 2 atom stereocenters. The molecule has 194 valence electrons. The minimum absolute atomic E-state index is 0.0372. The zero-order valence-electron chi connectivity index (χ0n) is 22.1. The first-order chi connectivity index (χ1) is 17.4. The molecular weight excluding hydrogens is 454 g/mol. The molecule has 3 heterocycles. The third-order valence-electron chi connectivity index (χ3n) is 7.78. The van der Waals surface area contributed by atoms with Gasteiger partial charge in [-0.2, -0.15) is 10.2 Å². The molecule has 2 unspecified atom stereocenters. The van der Waals surface area contributed by atoms with Crippen LogP contribution in [0.15, 0.2) is 22.7 Å². The van der Waals surface area contributed by atoms with E-state index < -0.39 is 0 Å². The molecule has 0 saturated carbocycles. The van der Waals surface area contributed by atoms with Gasteiger partial charge in [-0.15, -0.1) is 0 Å². The smallest absolute Gasteiger partial charge is 0.324 e. The Kier molecular flexibility index (Phi) is 8.50. The largest absolute Gasteiger partial charge is 0.494 e. The van der Waals surface area contributed by atoms with Crippen molar-refractivity contribution >= 4 is 11.9 Å². The molecule has 4 rings (SSSR count). The number of benzene rings is 1. The Morgan fingerprint density at radius 3 is 2.67 bits per heavy atom. The maximum Gasteiger partial charge on any atom is 0.324 e. The zero-order chi connectivity index (χ0) is 25.7. The van der Waals surface area contributed by atoms with E-state index in [4.69, 9.17) is 9.26 Å². The van der Waals surface area contributed by atoms with Crippen molar-refractivity contribution in [1.82, 2.24) is 15.0 Å². The summed E-state index contributed by atoms with van der Waals surface area (Å²) in [6, 6.07) is 8.59. The number of likely N-dealkylation sites (tertiary alicyclic amines) is 1. The van der Waals surface area contributed by atoms with Crippen molar-refractivity contribution in [2.45, 2.75) is 78.2 Å². The van der Waals surface area contributed by atoms with Gasteiger partial charge in [-0.25, -0.2) is 0 Å². The molecule has 8 nitrogen and oxygen atoms in total. The van der Waals surface area contributed by atoms with Gasteiger partial charge in [-0.05, 0) is 74.1 Å². The number of nitrogens with zero attached hydrogens (tertiary/aromatic N) is 5. The molecule has 1 aromatic heterocycles. The number of amides is 1. The summed E-state index contributed by atoms with van der Waals surface area (Å²) in [5.74, 6) is 3.17. The summed E-state index contributed by atoms with van der Waals surface area (Å²) >= 11 is 0. The van der Waals surface area contributed by atoms with Gasteiger partial charge in [0.05, 0.1) is 19.1 Å². The lowest BCUT2D eigenvalue weighted by molar-refractivity contribution is -0.130.